The molecular weight excluding hydrogens is 511 g/mol. The molecule has 12 heteroatoms. The van der Waals surface area contributed by atoms with Crippen molar-refractivity contribution in [2.24, 2.45) is 10.7 Å². The molecule has 1 aromatic heterocycles. The molecule has 9 nitrogen and oxygen atoms in total. The maximum Gasteiger partial charge on any atom is 0.311 e. The van der Waals surface area contributed by atoms with Crippen LogP contribution in [0.25, 0.3) is 11.1 Å². The normalized spacial score (nSPS) is 17.8. The Balaban J connectivity index is 1.86. The molecule has 3 aromatic rings. The van der Waals surface area contributed by atoms with E-state index >= 15 is 0 Å². The van der Waals surface area contributed by atoms with Gasteiger partial charge in [-0.3, -0.25) is 9.69 Å². The number of aliphatic imine (C=N–C) groups is 1. The van der Waals surface area contributed by atoms with E-state index in [2.05, 4.69) is 9.98 Å². The summed E-state index contributed by atoms with van der Waals surface area (Å²) in [6, 6.07) is 14.0. The maximum absolute atomic E-state index is 14.5. The van der Waals surface area contributed by atoms with Crippen molar-refractivity contribution in [3.8, 4) is 16.9 Å². The molecule has 188 valence electrons. The number of nitrogens with zero attached hydrogens (tertiary/aromatic N) is 3. The van der Waals surface area contributed by atoms with Crippen LogP contribution in [0.2, 0.25) is 5.02 Å². The first-order chi connectivity index (χ1) is 17.1. The number of methoxy groups -OCH3 is 1. The maximum atomic E-state index is 14.5. The van der Waals surface area contributed by atoms with Gasteiger partial charge >= 0.3 is 10.1 Å². The van der Waals surface area contributed by atoms with Crippen molar-refractivity contribution >= 4 is 33.6 Å². The number of aromatic nitrogens is 1. The smallest absolute Gasteiger partial charge is 0.311 e. The first-order valence-electron chi connectivity index (χ1n) is 10.6. The second-order valence-electron chi connectivity index (χ2n) is 7.98. The number of hydrogen-bond acceptors (Lipinski definition) is 8. The number of ether oxygens (including phenoxy) is 1. The Morgan fingerprint density at radius 3 is 2.50 bits per heavy atom. The molecule has 36 heavy (non-hydrogen) atoms. The number of hydrogen-bond donors (Lipinski definition) is 1. The highest BCUT2D eigenvalue weighted by Gasteiger charge is 2.49. The minimum absolute atomic E-state index is 0.0136. The second-order valence-corrected chi connectivity index (χ2v) is 10.1. The standard InChI is InChI=1S/C24H22ClFN4O5S/c1-30-22(31)24(29-23(30)27,17-7-4-8-19(12-17)35-36(32,33)10-9-34-2)16-6-3-5-15(11-16)20-13-18(25)14-28-21(20)26/h3-8,11-14H,9-10H2,1-2H3,(H2,27,29). The minimum Gasteiger partial charge on any atom is -0.383 e. The molecule has 2 aromatic carbocycles. The number of carbonyl (C=O) groups is 1. The molecule has 0 bridgehead atoms. The lowest BCUT2D eigenvalue weighted by Gasteiger charge is -2.27. The summed E-state index contributed by atoms with van der Waals surface area (Å²) in [4.78, 5) is 22.9. The fourth-order valence-electron chi connectivity index (χ4n) is 3.87. The highest BCUT2D eigenvalue weighted by atomic mass is 35.5. The summed E-state index contributed by atoms with van der Waals surface area (Å²) >= 11 is 6.02. The highest BCUT2D eigenvalue weighted by Crippen LogP contribution is 2.41. The van der Waals surface area contributed by atoms with Gasteiger partial charge in [0.25, 0.3) is 5.91 Å². The average Bonchev–Trinajstić information content (AvgIpc) is 3.09. The number of amides is 1. The van der Waals surface area contributed by atoms with Crippen LogP contribution in [-0.2, 0) is 25.2 Å². The third-order valence-corrected chi connectivity index (χ3v) is 6.97. The van der Waals surface area contributed by atoms with E-state index in [-0.39, 0.29) is 34.7 Å². The van der Waals surface area contributed by atoms with Crippen molar-refractivity contribution in [2.75, 3.05) is 26.5 Å². The van der Waals surface area contributed by atoms with E-state index in [1.807, 2.05) is 0 Å². The predicted octanol–water partition coefficient (Wildman–Crippen LogP) is 2.93. The Kier molecular flexibility index (Phi) is 6.98. The van der Waals surface area contributed by atoms with Crippen molar-refractivity contribution in [2.45, 2.75) is 5.54 Å². The molecule has 0 saturated carbocycles. The van der Waals surface area contributed by atoms with Crippen LogP contribution >= 0.6 is 11.6 Å². The number of carbonyl (C=O) groups excluding carboxylic acids is 1. The van der Waals surface area contributed by atoms with Gasteiger partial charge in [-0.1, -0.05) is 41.9 Å². The van der Waals surface area contributed by atoms with Crippen molar-refractivity contribution in [3.05, 3.63) is 82.9 Å². The molecule has 1 aliphatic rings. The Morgan fingerprint density at radius 1 is 1.14 bits per heavy atom. The molecule has 0 radical (unpaired) electrons. The van der Waals surface area contributed by atoms with Gasteiger partial charge in [-0.2, -0.15) is 12.8 Å². The monoisotopic (exact) mass is 532 g/mol. The molecule has 0 saturated heterocycles. The summed E-state index contributed by atoms with van der Waals surface area (Å²) in [7, 11) is -1.10. The summed E-state index contributed by atoms with van der Waals surface area (Å²) < 4.78 is 49.1. The summed E-state index contributed by atoms with van der Waals surface area (Å²) in [6.07, 6.45) is 1.19. The van der Waals surface area contributed by atoms with E-state index in [1.165, 1.54) is 43.5 Å². The fraction of sp³-hybridized carbons (Fsp3) is 0.208. The third-order valence-electron chi connectivity index (χ3n) is 5.65. The second kappa shape index (κ2) is 9.84. The fourth-order valence-corrected chi connectivity index (χ4v) is 4.88. The largest absolute Gasteiger partial charge is 0.383 e. The van der Waals surface area contributed by atoms with E-state index in [9.17, 15) is 17.6 Å². The minimum atomic E-state index is -3.95. The number of benzene rings is 2. The van der Waals surface area contributed by atoms with Crippen LogP contribution in [0.1, 0.15) is 11.1 Å². The molecule has 1 aliphatic heterocycles. The molecule has 2 N–H and O–H groups in total. The zero-order chi connectivity index (χ0) is 26.1. The summed E-state index contributed by atoms with van der Waals surface area (Å²) in [5.41, 5.74) is 5.58. The van der Waals surface area contributed by atoms with Crippen LogP contribution in [0, 0.1) is 5.95 Å². The molecule has 2 heterocycles. The van der Waals surface area contributed by atoms with Crippen molar-refractivity contribution in [3.63, 3.8) is 0 Å². The molecule has 0 aliphatic carbocycles. The van der Waals surface area contributed by atoms with Gasteiger partial charge < -0.3 is 14.7 Å². The van der Waals surface area contributed by atoms with Gasteiger partial charge in [0.1, 0.15) is 11.5 Å². The molecule has 1 atom stereocenters. The summed E-state index contributed by atoms with van der Waals surface area (Å²) in [5.74, 6) is -1.63. The van der Waals surface area contributed by atoms with Gasteiger partial charge in [-0.05, 0) is 41.0 Å². The molecule has 4 rings (SSSR count). The van der Waals surface area contributed by atoms with Crippen LogP contribution in [0.5, 0.6) is 5.75 Å². The number of nitrogens with two attached hydrogens (primary N) is 1. The Morgan fingerprint density at radius 2 is 1.83 bits per heavy atom. The molecular formula is C24H22ClFN4O5S. The SMILES string of the molecule is COCCS(=O)(=O)Oc1cccc(C2(c3cccc(-c4cc(Cl)cnc4F)c3)N=C(N)N(C)C2=O)c1. The first-order valence-corrected chi connectivity index (χ1v) is 12.6. The van der Waals surface area contributed by atoms with Gasteiger partial charge in [-0.25, -0.2) is 9.98 Å². The van der Waals surface area contributed by atoms with Crippen LogP contribution in [-0.4, -0.2) is 56.7 Å². The van der Waals surface area contributed by atoms with E-state index in [4.69, 9.17) is 26.3 Å². The number of guanidine groups is 1. The van der Waals surface area contributed by atoms with Crippen LogP contribution in [0.15, 0.2) is 65.8 Å². The van der Waals surface area contributed by atoms with E-state index < -0.39 is 27.5 Å². The summed E-state index contributed by atoms with van der Waals surface area (Å²) in [6.45, 7) is -0.0439. The van der Waals surface area contributed by atoms with Gasteiger partial charge in [0.05, 0.1) is 11.6 Å². The Labute approximate surface area is 212 Å². The van der Waals surface area contributed by atoms with Crippen molar-refractivity contribution in [1.82, 2.24) is 9.88 Å². The zero-order valence-electron chi connectivity index (χ0n) is 19.3. The molecule has 0 spiro atoms. The van der Waals surface area contributed by atoms with Crippen molar-refractivity contribution in [1.29, 1.82) is 0 Å². The van der Waals surface area contributed by atoms with E-state index in [0.717, 1.165) is 0 Å². The first kappa shape index (κ1) is 25.5. The number of rotatable bonds is 8. The van der Waals surface area contributed by atoms with E-state index in [1.54, 1.807) is 36.4 Å². The number of likely N-dealkylation sites (N-methyl/N-ethyl adjacent to an activating group) is 1. The number of pyridine rings is 1. The van der Waals surface area contributed by atoms with Gasteiger partial charge in [0.2, 0.25) is 5.95 Å². The molecule has 1 unspecified atom stereocenters. The van der Waals surface area contributed by atoms with E-state index in [0.29, 0.717) is 16.7 Å². The Hall–Kier alpha value is -3.54. The number of halogens is 2. The Bertz CT molecular complexity index is 1470. The van der Waals surface area contributed by atoms with Crippen LogP contribution in [0.3, 0.4) is 0 Å². The lowest BCUT2D eigenvalue weighted by Crippen LogP contribution is -2.41. The topological polar surface area (TPSA) is 124 Å². The molecule has 1 amide bonds. The lowest BCUT2D eigenvalue weighted by molar-refractivity contribution is -0.129. The zero-order valence-corrected chi connectivity index (χ0v) is 20.9. The lowest BCUT2D eigenvalue weighted by atomic mass is 9.81. The third kappa shape index (κ3) is 4.77. The summed E-state index contributed by atoms with van der Waals surface area (Å²) in [5, 5.41) is 0.241. The predicted molar refractivity (Wildman–Crippen MR) is 133 cm³/mol. The van der Waals surface area contributed by atoms with Crippen LogP contribution < -0.4 is 9.92 Å². The van der Waals surface area contributed by atoms with Gasteiger partial charge in [0.15, 0.2) is 11.5 Å². The van der Waals surface area contributed by atoms with Crippen LogP contribution in [0.4, 0.5) is 4.39 Å². The quantitative estimate of drug-likeness (QED) is 0.349. The average molecular weight is 533 g/mol. The van der Waals surface area contributed by atoms with Crippen molar-refractivity contribution < 1.29 is 26.5 Å². The van der Waals surface area contributed by atoms with Gasteiger partial charge in [0, 0.05) is 25.9 Å². The molecule has 0 fully saturated rings. The van der Waals surface area contributed by atoms with Gasteiger partial charge in [-0.15, -0.1) is 0 Å². The highest BCUT2D eigenvalue weighted by molar-refractivity contribution is 7.87.